The molecular weight excluding hydrogens is 400 g/mol. The number of hydrogen-bond donors (Lipinski definition) is 1. The van der Waals surface area contributed by atoms with Crippen LogP contribution in [0.1, 0.15) is 105 Å². The minimum Gasteiger partial charge on any atom is -0.436 e. The van der Waals surface area contributed by atoms with Crippen LogP contribution in [0.15, 0.2) is 0 Å². The molecule has 184 valence electrons. The van der Waals surface area contributed by atoms with Crippen molar-refractivity contribution in [1.29, 1.82) is 0 Å². The van der Waals surface area contributed by atoms with Gasteiger partial charge in [0.1, 0.15) is 0 Å². The molecule has 0 radical (unpaired) electrons. The van der Waals surface area contributed by atoms with Crippen LogP contribution in [0.4, 0.5) is 0 Å². The van der Waals surface area contributed by atoms with Crippen molar-refractivity contribution in [3.8, 4) is 0 Å². The van der Waals surface area contributed by atoms with Gasteiger partial charge in [-0.15, -0.1) is 0 Å². The molecule has 4 heteroatoms. The highest BCUT2D eigenvalue weighted by Gasteiger charge is 2.60. The number of fused-ring (bicyclic) bond motifs is 5. The number of rotatable bonds is 7. The summed E-state index contributed by atoms with van der Waals surface area (Å²) in [6.45, 7) is 11.8. The molecule has 4 aliphatic carbocycles. The van der Waals surface area contributed by atoms with E-state index in [1.165, 1.54) is 44.9 Å². The number of carbonyl (C=O) groups is 1. The highest BCUT2D eigenvalue weighted by molar-refractivity contribution is 5.69. The lowest BCUT2D eigenvalue weighted by Crippen LogP contribution is -2.54. The minimum atomic E-state index is -0.441. The Labute approximate surface area is 196 Å². The Balaban J connectivity index is 1.38. The second-order valence-electron chi connectivity index (χ2n) is 12.3. The fourth-order valence-corrected chi connectivity index (χ4v) is 9.27. The Kier molecular flexibility index (Phi) is 7.33. The molecule has 32 heavy (non-hydrogen) atoms. The van der Waals surface area contributed by atoms with Crippen LogP contribution in [0.2, 0.25) is 0 Å². The first kappa shape index (κ1) is 24.5. The average Bonchev–Trinajstić information content (AvgIpc) is 3.10. The summed E-state index contributed by atoms with van der Waals surface area (Å²) in [5.74, 6) is 4.49. The molecule has 0 spiro atoms. The van der Waals surface area contributed by atoms with E-state index in [9.17, 15) is 9.90 Å². The van der Waals surface area contributed by atoms with Crippen molar-refractivity contribution in [2.75, 3.05) is 6.61 Å². The summed E-state index contributed by atoms with van der Waals surface area (Å²) in [5.41, 5.74) is 0.884. The number of hydrogen-bond acceptors (Lipinski definition) is 4. The van der Waals surface area contributed by atoms with E-state index < -0.39 is 6.29 Å². The van der Waals surface area contributed by atoms with Gasteiger partial charge in [0.25, 0.3) is 0 Å². The van der Waals surface area contributed by atoms with Gasteiger partial charge in [0.05, 0.1) is 6.10 Å². The maximum atomic E-state index is 12.3. The molecule has 0 saturated heterocycles. The smallest absolute Gasteiger partial charge is 0.308 e. The molecule has 4 fully saturated rings. The van der Waals surface area contributed by atoms with Gasteiger partial charge in [0, 0.05) is 13.0 Å². The first-order valence-corrected chi connectivity index (χ1v) is 13.7. The Hall–Kier alpha value is -0.610. The fourth-order valence-electron chi connectivity index (χ4n) is 9.27. The Morgan fingerprint density at radius 3 is 2.47 bits per heavy atom. The van der Waals surface area contributed by atoms with E-state index >= 15 is 0 Å². The van der Waals surface area contributed by atoms with Gasteiger partial charge in [0.15, 0.2) is 6.29 Å². The molecule has 4 rings (SSSR count). The number of carbonyl (C=O) groups excluding carboxylic acids is 1. The highest BCUT2D eigenvalue weighted by Crippen LogP contribution is 2.68. The summed E-state index contributed by atoms with van der Waals surface area (Å²) in [7, 11) is 0. The van der Waals surface area contributed by atoms with Gasteiger partial charge in [-0.05, 0) is 124 Å². The van der Waals surface area contributed by atoms with Crippen molar-refractivity contribution >= 4 is 5.97 Å². The van der Waals surface area contributed by atoms with E-state index in [1.54, 1.807) is 6.92 Å². The quantitative estimate of drug-likeness (QED) is 0.364. The van der Waals surface area contributed by atoms with E-state index in [0.29, 0.717) is 29.8 Å². The standard InChI is InChI=1S/C28H48O4/c1-6-31-19(3)32-26(30)12-7-18(2)23-10-11-24-22-9-8-20-17-21(29)13-15-27(20,4)25(22)14-16-28(23,24)5/h18-25,29H,6-17H2,1-5H3/t18?,19-,20?,21?,22?,23?,24?,25?,27?,28?/m0/s1. The number of esters is 1. The zero-order valence-corrected chi connectivity index (χ0v) is 21.3. The van der Waals surface area contributed by atoms with Gasteiger partial charge in [0.2, 0.25) is 0 Å². The van der Waals surface area contributed by atoms with Gasteiger partial charge < -0.3 is 14.6 Å². The maximum absolute atomic E-state index is 12.3. The normalized spacial score (nSPS) is 45.3. The molecule has 9 unspecified atom stereocenters. The second kappa shape index (κ2) is 9.56. The maximum Gasteiger partial charge on any atom is 0.308 e. The third-order valence-electron chi connectivity index (χ3n) is 10.9. The molecule has 4 aliphatic rings. The number of aliphatic hydroxyl groups is 1. The topological polar surface area (TPSA) is 55.8 Å². The van der Waals surface area contributed by atoms with E-state index in [-0.39, 0.29) is 12.1 Å². The molecule has 10 atom stereocenters. The van der Waals surface area contributed by atoms with Crippen molar-refractivity contribution < 1.29 is 19.4 Å². The van der Waals surface area contributed by atoms with Gasteiger partial charge in [-0.1, -0.05) is 20.8 Å². The van der Waals surface area contributed by atoms with E-state index in [4.69, 9.17) is 9.47 Å². The van der Waals surface area contributed by atoms with Crippen LogP contribution in [-0.4, -0.2) is 30.1 Å². The molecule has 0 aromatic rings. The summed E-state index contributed by atoms with van der Waals surface area (Å²) >= 11 is 0. The van der Waals surface area contributed by atoms with Gasteiger partial charge >= 0.3 is 5.97 Å². The van der Waals surface area contributed by atoms with Crippen molar-refractivity contribution in [1.82, 2.24) is 0 Å². The number of aliphatic hydroxyl groups excluding tert-OH is 1. The summed E-state index contributed by atoms with van der Waals surface area (Å²) in [6.07, 6.45) is 12.3. The molecule has 4 saturated carbocycles. The van der Waals surface area contributed by atoms with Crippen molar-refractivity contribution in [3.05, 3.63) is 0 Å². The van der Waals surface area contributed by atoms with Crippen LogP contribution in [0.25, 0.3) is 0 Å². The average molecular weight is 449 g/mol. The number of ether oxygens (including phenoxy) is 2. The zero-order chi connectivity index (χ0) is 23.1. The molecular formula is C28H48O4. The lowest BCUT2D eigenvalue weighted by atomic mass is 9.44. The lowest BCUT2D eigenvalue weighted by molar-refractivity contribution is -0.174. The van der Waals surface area contributed by atoms with Gasteiger partial charge in [-0.3, -0.25) is 4.79 Å². The molecule has 0 aromatic carbocycles. The van der Waals surface area contributed by atoms with Crippen LogP contribution >= 0.6 is 0 Å². The predicted octanol–water partition coefficient (Wildman–Crippen LogP) is 6.35. The van der Waals surface area contributed by atoms with Crippen LogP contribution in [0, 0.1) is 46.3 Å². The molecule has 0 amide bonds. The molecule has 0 aromatic heterocycles. The van der Waals surface area contributed by atoms with Crippen LogP contribution in [-0.2, 0) is 14.3 Å². The van der Waals surface area contributed by atoms with E-state index in [0.717, 1.165) is 48.9 Å². The van der Waals surface area contributed by atoms with Crippen LogP contribution in [0.5, 0.6) is 0 Å². The molecule has 0 bridgehead atoms. The Bertz CT molecular complexity index is 664. The van der Waals surface area contributed by atoms with Crippen molar-refractivity contribution in [3.63, 3.8) is 0 Å². The third-order valence-corrected chi connectivity index (χ3v) is 10.9. The van der Waals surface area contributed by atoms with Crippen LogP contribution in [0.3, 0.4) is 0 Å². The fraction of sp³-hybridized carbons (Fsp3) is 0.964. The van der Waals surface area contributed by atoms with Gasteiger partial charge in [-0.2, -0.15) is 0 Å². The summed E-state index contributed by atoms with van der Waals surface area (Å²) < 4.78 is 10.7. The summed E-state index contributed by atoms with van der Waals surface area (Å²) in [6, 6.07) is 0. The summed E-state index contributed by atoms with van der Waals surface area (Å²) in [4.78, 5) is 12.3. The monoisotopic (exact) mass is 448 g/mol. The summed E-state index contributed by atoms with van der Waals surface area (Å²) in [5, 5.41) is 10.3. The first-order chi connectivity index (χ1) is 15.2. The predicted molar refractivity (Wildman–Crippen MR) is 127 cm³/mol. The second-order valence-corrected chi connectivity index (χ2v) is 12.3. The van der Waals surface area contributed by atoms with Crippen molar-refractivity contribution in [2.45, 2.75) is 118 Å². The molecule has 0 heterocycles. The largest absolute Gasteiger partial charge is 0.436 e. The van der Waals surface area contributed by atoms with Crippen LogP contribution < -0.4 is 0 Å². The highest BCUT2D eigenvalue weighted by atomic mass is 16.7. The zero-order valence-electron chi connectivity index (χ0n) is 21.3. The van der Waals surface area contributed by atoms with Crippen molar-refractivity contribution in [2.24, 2.45) is 46.3 Å². The SMILES string of the molecule is CCO[C@H](C)OC(=O)CCC(C)C1CCC2C3CCC4CC(O)CCC4(C)C3CCC12C. The van der Waals surface area contributed by atoms with E-state index in [1.807, 2.05) is 6.92 Å². The molecule has 1 N–H and O–H groups in total. The van der Waals surface area contributed by atoms with Gasteiger partial charge in [-0.25, -0.2) is 0 Å². The third kappa shape index (κ3) is 4.40. The Morgan fingerprint density at radius 1 is 1.00 bits per heavy atom. The molecule has 4 nitrogen and oxygen atoms in total. The van der Waals surface area contributed by atoms with E-state index in [2.05, 4.69) is 20.8 Å². The Morgan fingerprint density at radius 2 is 1.72 bits per heavy atom. The first-order valence-electron chi connectivity index (χ1n) is 13.7. The minimum absolute atomic E-state index is 0.0570. The lowest BCUT2D eigenvalue weighted by Gasteiger charge is -2.61. The molecule has 0 aliphatic heterocycles.